The molecule has 2 aliphatic rings. The lowest BCUT2D eigenvalue weighted by atomic mass is 9.89. The molecule has 1 N–H and O–H groups in total. The van der Waals surface area contributed by atoms with Crippen molar-refractivity contribution in [3.63, 3.8) is 0 Å². The van der Waals surface area contributed by atoms with E-state index in [9.17, 15) is 4.79 Å². The quantitative estimate of drug-likeness (QED) is 0.617. The summed E-state index contributed by atoms with van der Waals surface area (Å²) in [5, 5.41) is 3.66. The van der Waals surface area contributed by atoms with Crippen LogP contribution in [0, 0.1) is 5.92 Å². The molecule has 5 nitrogen and oxygen atoms in total. The molecule has 0 radical (unpaired) electrons. The summed E-state index contributed by atoms with van der Waals surface area (Å²) < 4.78 is 10.6. The van der Waals surface area contributed by atoms with Crippen LogP contribution >= 0.6 is 12.4 Å². The van der Waals surface area contributed by atoms with E-state index in [4.69, 9.17) is 9.47 Å². The lowest BCUT2D eigenvalue weighted by Crippen LogP contribution is -2.41. The fourth-order valence-electron chi connectivity index (χ4n) is 4.23. The molecule has 3 rings (SSSR count). The number of nitrogens with one attached hydrogen (secondary N) is 1. The first-order chi connectivity index (χ1) is 12.7. The Morgan fingerprint density at radius 2 is 1.81 bits per heavy atom. The van der Waals surface area contributed by atoms with Gasteiger partial charge in [0.2, 0.25) is 5.91 Å². The first-order valence-corrected chi connectivity index (χ1v) is 9.89. The molecular weight excluding hydrogens is 364 g/mol. The van der Waals surface area contributed by atoms with Gasteiger partial charge < -0.3 is 19.7 Å². The highest BCUT2D eigenvalue weighted by atomic mass is 35.5. The Bertz CT molecular complexity index is 546. The summed E-state index contributed by atoms with van der Waals surface area (Å²) in [6, 6.07) is 11.5. The van der Waals surface area contributed by atoms with E-state index in [0.29, 0.717) is 57.3 Å². The summed E-state index contributed by atoms with van der Waals surface area (Å²) in [6.07, 6.45) is 5.50. The molecule has 0 aliphatic carbocycles. The Labute approximate surface area is 169 Å². The number of fused-ring (bicyclic) bond motifs is 2. The highest BCUT2D eigenvalue weighted by molar-refractivity contribution is 5.85. The van der Waals surface area contributed by atoms with Gasteiger partial charge in [-0.05, 0) is 37.2 Å². The molecule has 2 heterocycles. The SMILES string of the molecule is COCCOCCN(Cc1ccccc1)C(=O)CC1CC2CCC(C1)N2.Cl. The molecule has 1 aromatic carbocycles. The smallest absolute Gasteiger partial charge is 0.223 e. The van der Waals surface area contributed by atoms with Crippen molar-refractivity contribution in [3.8, 4) is 0 Å². The van der Waals surface area contributed by atoms with Gasteiger partial charge in [-0.25, -0.2) is 0 Å². The van der Waals surface area contributed by atoms with Crippen LogP contribution in [-0.4, -0.2) is 56.4 Å². The van der Waals surface area contributed by atoms with Crippen LogP contribution < -0.4 is 5.32 Å². The molecule has 2 aliphatic heterocycles. The number of methoxy groups -OCH3 is 1. The molecule has 152 valence electrons. The number of benzene rings is 1. The van der Waals surface area contributed by atoms with E-state index < -0.39 is 0 Å². The van der Waals surface area contributed by atoms with Gasteiger partial charge in [0.15, 0.2) is 0 Å². The Morgan fingerprint density at radius 3 is 2.48 bits per heavy atom. The summed E-state index contributed by atoms with van der Waals surface area (Å²) in [7, 11) is 1.67. The van der Waals surface area contributed by atoms with E-state index >= 15 is 0 Å². The van der Waals surface area contributed by atoms with Gasteiger partial charge in [0, 0.05) is 38.7 Å². The predicted molar refractivity (Wildman–Crippen MR) is 109 cm³/mol. The zero-order chi connectivity index (χ0) is 18.2. The molecule has 1 aromatic rings. The van der Waals surface area contributed by atoms with Gasteiger partial charge >= 0.3 is 0 Å². The summed E-state index contributed by atoms with van der Waals surface area (Å²) in [5.41, 5.74) is 1.17. The van der Waals surface area contributed by atoms with Gasteiger partial charge in [-0.2, -0.15) is 0 Å². The Morgan fingerprint density at radius 1 is 1.11 bits per heavy atom. The van der Waals surface area contributed by atoms with Crippen LogP contribution in [0.5, 0.6) is 0 Å². The first kappa shape index (κ1) is 22.2. The zero-order valence-electron chi connectivity index (χ0n) is 16.3. The number of nitrogens with zero attached hydrogens (tertiary/aromatic N) is 1. The van der Waals surface area contributed by atoms with Crippen LogP contribution in [0.2, 0.25) is 0 Å². The highest BCUT2D eigenvalue weighted by Crippen LogP contribution is 2.33. The summed E-state index contributed by atoms with van der Waals surface area (Å²) in [6.45, 7) is 3.01. The number of carbonyl (C=O) groups excluding carboxylic acids is 1. The molecule has 0 saturated carbocycles. The predicted octanol–water partition coefficient (Wildman–Crippen LogP) is 3.02. The summed E-state index contributed by atoms with van der Waals surface area (Å²) in [4.78, 5) is 15.0. The number of halogens is 1. The third-order valence-corrected chi connectivity index (χ3v) is 5.54. The molecule has 6 heteroatoms. The molecule has 2 fully saturated rings. The van der Waals surface area contributed by atoms with E-state index in [1.54, 1.807) is 7.11 Å². The van der Waals surface area contributed by atoms with E-state index in [-0.39, 0.29) is 18.3 Å². The minimum absolute atomic E-state index is 0. The second kappa shape index (κ2) is 11.6. The maximum atomic E-state index is 13.0. The average molecular weight is 397 g/mol. The molecule has 2 unspecified atom stereocenters. The van der Waals surface area contributed by atoms with E-state index in [1.165, 1.54) is 18.4 Å². The number of amides is 1. The van der Waals surface area contributed by atoms with E-state index in [2.05, 4.69) is 17.4 Å². The topological polar surface area (TPSA) is 50.8 Å². The Hall–Kier alpha value is -1.14. The van der Waals surface area contributed by atoms with Crippen molar-refractivity contribution in [1.29, 1.82) is 0 Å². The van der Waals surface area contributed by atoms with Gasteiger partial charge in [0.1, 0.15) is 0 Å². The second-order valence-electron chi connectivity index (χ2n) is 7.59. The molecule has 2 bridgehead atoms. The standard InChI is InChI=1S/C21H32N2O3.ClH/c1-25-11-12-26-10-9-23(16-17-5-3-2-4-6-17)21(24)15-18-13-19-7-8-20(14-18)22-19;/h2-6,18-20,22H,7-16H2,1H3;1H. The number of carbonyl (C=O) groups is 1. The van der Waals surface area contributed by atoms with Crippen molar-refractivity contribution < 1.29 is 14.3 Å². The van der Waals surface area contributed by atoms with Crippen molar-refractivity contribution in [2.45, 2.75) is 50.7 Å². The zero-order valence-corrected chi connectivity index (χ0v) is 17.1. The minimum atomic E-state index is 0. The third-order valence-electron chi connectivity index (χ3n) is 5.54. The van der Waals surface area contributed by atoms with Crippen molar-refractivity contribution in [2.24, 2.45) is 5.92 Å². The molecule has 2 atom stereocenters. The molecule has 0 aromatic heterocycles. The second-order valence-corrected chi connectivity index (χ2v) is 7.59. The minimum Gasteiger partial charge on any atom is -0.382 e. The van der Waals surface area contributed by atoms with E-state index in [0.717, 1.165) is 12.8 Å². The molecular formula is C21H33ClN2O3. The van der Waals surface area contributed by atoms with Gasteiger partial charge in [0.05, 0.1) is 19.8 Å². The van der Waals surface area contributed by atoms with E-state index in [1.807, 2.05) is 23.1 Å². The largest absolute Gasteiger partial charge is 0.382 e. The fourth-order valence-corrected chi connectivity index (χ4v) is 4.23. The van der Waals surface area contributed by atoms with Crippen LogP contribution in [0.4, 0.5) is 0 Å². The maximum absolute atomic E-state index is 13.0. The Kier molecular flexibility index (Phi) is 9.56. The van der Waals surface area contributed by atoms with Crippen molar-refractivity contribution in [2.75, 3.05) is 33.5 Å². The summed E-state index contributed by atoms with van der Waals surface area (Å²) in [5.74, 6) is 0.782. The molecule has 0 spiro atoms. The normalized spacial score (nSPS) is 23.7. The average Bonchev–Trinajstić information content (AvgIpc) is 2.99. The summed E-state index contributed by atoms with van der Waals surface area (Å²) >= 11 is 0. The number of rotatable bonds is 10. The van der Waals surface area contributed by atoms with Gasteiger partial charge in [0.25, 0.3) is 0 Å². The van der Waals surface area contributed by atoms with Crippen LogP contribution in [0.25, 0.3) is 0 Å². The number of piperidine rings is 1. The van der Waals surface area contributed by atoms with Crippen molar-refractivity contribution in [1.82, 2.24) is 10.2 Å². The maximum Gasteiger partial charge on any atom is 0.223 e. The van der Waals surface area contributed by atoms with Crippen LogP contribution in [0.15, 0.2) is 30.3 Å². The van der Waals surface area contributed by atoms with Crippen molar-refractivity contribution in [3.05, 3.63) is 35.9 Å². The van der Waals surface area contributed by atoms with Crippen LogP contribution in [-0.2, 0) is 20.8 Å². The monoisotopic (exact) mass is 396 g/mol. The number of hydrogen-bond donors (Lipinski definition) is 1. The van der Waals surface area contributed by atoms with Crippen LogP contribution in [0.3, 0.4) is 0 Å². The number of hydrogen-bond acceptors (Lipinski definition) is 4. The highest BCUT2D eigenvalue weighted by Gasteiger charge is 2.34. The lowest BCUT2D eigenvalue weighted by molar-refractivity contribution is -0.134. The van der Waals surface area contributed by atoms with Crippen LogP contribution in [0.1, 0.15) is 37.7 Å². The molecule has 1 amide bonds. The third kappa shape index (κ3) is 7.07. The van der Waals surface area contributed by atoms with Gasteiger partial charge in [-0.1, -0.05) is 30.3 Å². The van der Waals surface area contributed by atoms with Gasteiger partial charge in [-0.15, -0.1) is 12.4 Å². The molecule has 2 saturated heterocycles. The Balaban J connectivity index is 0.00000261. The fraction of sp³-hybridized carbons (Fsp3) is 0.667. The molecule has 27 heavy (non-hydrogen) atoms. The first-order valence-electron chi connectivity index (χ1n) is 9.89. The van der Waals surface area contributed by atoms with Crippen molar-refractivity contribution >= 4 is 18.3 Å². The lowest BCUT2D eigenvalue weighted by Gasteiger charge is -2.31. The number of ether oxygens (including phenoxy) is 2. The van der Waals surface area contributed by atoms with Gasteiger partial charge in [-0.3, -0.25) is 4.79 Å².